The van der Waals surface area contributed by atoms with Crippen molar-refractivity contribution in [3.05, 3.63) is 36.5 Å². The van der Waals surface area contributed by atoms with Crippen molar-refractivity contribution >= 4 is 137 Å². The van der Waals surface area contributed by atoms with Gasteiger partial charge in [-0.25, -0.2) is 0 Å². The minimum absolute atomic E-state index is 0.0237. The Morgan fingerprint density at radius 2 is 0.731 bits per heavy atom. The van der Waals surface area contributed by atoms with Crippen LogP contribution in [0.4, 0.5) is 11.4 Å². The fraction of sp³-hybridized carbons (Fsp3) is 0.400. The fourth-order valence-corrected chi connectivity index (χ4v) is 9.36. The number of anilines is 2. The van der Waals surface area contributed by atoms with Crippen molar-refractivity contribution in [3.8, 4) is 11.1 Å². The van der Waals surface area contributed by atoms with Crippen LogP contribution in [-0.4, -0.2) is 131 Å². The highest BCUT2D eigenvalue weighted by Crippen LogP contribution is 2.48. The number of aliphatic hydroxyl groups is 6. The van der Waals surface area contributed by atoms with E-state index in [1.807, 2.05) is 0 Å². The number of benzene rings is 2. The lowest BCUT2D eigenvalue weighted by Gasteiger charge is -2.28. The molecular weight excluding hydrogens is 1140 g/mol. The molecule has 2 aromatic carbocycles. The number of hydrogen-bond acceptors (Lipinski definition) is 12. The minimum Gasteiger partial charge on any atom is -0.395 e. The average Bonchev–Trinajstić information content (AvgIpc) is 3.09. The lowest BCUT2D eigenvalue weighted by Crippen LogP contribution is -2.35. The molecule has 22 heteroatoms. The predicted octanol–water partition coefficient (Wildman–Crippen LogP) is -0.701. The standard InChI is InChI=1S/C30H36I4N6O12/c1-11(45)25(47)39-23-13(15(27(49)35-3-7-41)19(31)17(21(23)33)29(51)37-5-9-43)14-16(28(50)36-4-8-42)20(32)18(30(52)38-6-10-44)22(34)24(14)40-26(48)12(2)46/h11-12,41-46H,3-10H2,1-2H3,(H,35,49)(H,36,50)(H,37,51)(H,38,52)(H,39,47)(H,40,48). The first kappa shape index (κ1) is 46.1. The molecule has 52 heavy (non-hydrogen) atoms. The molecule has 2 atom stereocenters. The van der Waals surface area contributed by atoms with Crippen molar-refractivity contribution < 1.29 is 59.4 Å². The lowest BCUT2D eigenvalue weighted by molar-refractivity contribution is -0.123. The molecule has 0 saturated heterocycles. The van der Waals surface area contributed by atoms with Crippen molar-refractivity contribution in [2.75, 3.05) is 63.2 Å². The normalized spacial score (nSPS) is 12.0. The number of carbonyl (C=O) groups excluding carboxylic acids is 6. The van der Waals surface area contributed by atoms with Crippen LogP contribution < -0.4 is 31.9 Å². The lowest BCUT2D eigenvalue weighted by atomic mass is 9.88. The molecule has 0 radical (unpaired) electrons. The van der Waals surface area contributed by atoms with Crippen LogP contribution in [-0.2, 0) is 9.59 Å². The molecule has 0 aliphatic carbocycles. The second-order valence-electron chi connectivity index (χ2n) is 10.5. The van der Waals surface area contributed by atoms with E-state index in [0.29, 0.717) is 0 Å². The third kappa shape index (κ3) is 11.0. The summed E-state index contributed by atoms with van der Waals surface area (Å²) in [7, 11) is 0. The van der Waals surface area contributed by atoms with Crippen molar-refractivity contribution in [1.82, 2.24) is 21.3 Å². The summed E-state index contributed by atoms with van der Waals surface area (Å²) >= 11 is 6.82. The van der Waals surface area contributed by atoms with Gasteiger partial charge >= 0.3 is 0 Å². The molecule has 6 amide bonds. The van der Waals surface area contributed by atoms with Crippen molar-refractivity contribution in [3.63, 3.8) is 0 Å². The van der Waals surface area contributed by atoms with Crippen LogP contribution >= 0.6 is 90.4 Å². The Morgan fingerprint density at radius 3 is 0.962 bits per heavy atom. The van der Waals surface area contributed by atoms with Gasteiger partial charge in [-0.1, -0.05) is 0 Å². The van der Waals surface area contributed by atoms with Gasteiger partial charge in [0.05, 0.1) is 67.2 Å². The highest BCUT2D eigenvalue weighted by Gasteiger charge is 2.37. The van der Waals surface area contributed by atoms with Crippen LogP contribution in [0.25, 0.3) is 11.1 Å². The summed E-state index contributed by atoms with van der Waals surface area (Å²) in [5.41, 5.74) is -2.24. The zero-order chi connectivity index (χ0) is 39.4. The van der Waals surface area contributed by atoms with Gasteiger partial charge in [0, 0.05) is 44.4 Å². The maximum Gasteiger partial charge on any atom is 0.253 e. The second kappa shape index (κ2) is 21.7. The van der Waals surface area contributed by atoms with Gasteiger partial charge in [-0.2, -0.15) is 0 Å². The van der Waals surface area contributed by atoms with E-state index >= 15 is 0 Å². The minimum atomic E-state index is -1.65. The Labute approximate surface area is 351 Å². The van der Waals surface area contributed by atoms with Crippen molar-refractivity contribution in [1.29, 1.82) is 0 Å². The SMILES string of the molecule is CC(O)C(=O)Nc1c(I)c(C(=O)NCCO)c(I)c(C(=O)NCCO)c1-c1c(NC(=O)C(C)O)c(I)c(C(=O)NCCO)c(I)c1C(=O)NCCO. The van der Waals surface area contributed by atoms with Crippen LogP contribution in [0.5, 0.6) is 0 Å². The van der Waals surface area contributed by atoms with Crippen LogP contribution in [0.2, 0.25) is 0 Å². The number of carbonyl (C=O) groups is 6. The average molecular weight is 1180 g/mol. The smallest absolute Gasteiger partial charge is 0.253 e. The summed E-state index contributed by atoms with van der Waals surface area (Å²) in [6.07, 6.45) is -3.30. The van der Waals surface area contributed by atoms with Crippen molar-refractivity contribution in [2.45, 2.75) is 26.1 Å². The zero-order valence-corrected chi connectivity index (χ0v) is 36.1. The van der Waals surface area contributed by atoms with Crippen LogP contribution in [0.15, 0.2) is 0 Å². The monoisotopic (exact) mass is 1180 g/mol. The molecule has 12 N–H and O–H groups in total. The van der Waals surface area contributed by atoms with Gasteiger partial charge in [0.25, 0.3) is 35.4 Å². The van der Waals surface area contributed by atoms with E-state index in [9.17, 15) is 59.4 Å². The molecule has 18 nitrogen and oxygen atoms in total. The van der Waals surface area contributed by atoms with E-state index in [2.05, 4.69) is 31.9 Å². The van der Waals surface area contributed by atoms with E-state index < -0.39 is 74.1 Å². The molecule has 2 aromatic rings. The summed E-state index contributed by atoms with van der Waals surface area (Å²) in [5.74, 6) is -5.48. The van der Waals surface area contributed by atoms with Gasteiger partial charge in [-0.05, 0) is 104 Å². The molecule has 0 aliphatic rings. The molecule has 0 saturated carbocycles. The van der Waals surface area contributed by atoms with Gasteiger partial charge in [0.1, 0.15) is 12.2 Å². The van der Waals surface area contributed by atoms with Crippen molar-refractivity contribution in [2.24, 2.45) is 0 Å². The molecule has 0 spiro atoms. The summed E-state index contributed by atoms with van der Waals surface area (Å²) < 4.78 is -0.154. The number of amides is 6. The molecule has 0 heterocycles. The summed E-state index contributed by atoms with van der Waals surface area (Å²) in [6, 6.07) is 0. The maximum absolute atomic E-state index is 14.1. The highest BCUT2D eigenvalue weighted by molar-refractivity contribution is 14.1. The Bertz CT molecular complexity index is 1600. The van der Waals surface area contributed by atoms with Gasteiger partial charge in [-0.15, -0.1) is 0 Å². The second-order valence-corrected chi connectivity index (χ2v) is 14.8. The maximum atomic E-state index is 14.1. The molecule has 2 unspecified atom stereocenters. The highest BCUT2D eigenvalue weighted by atomic mass is 127. The largest absolute Gasteiger partial charge is 0.395 e. The van der Waals surface area contributed by atoms with E-state index in [-0.39, 0.29) is 85.2 Å². The fourth-order valence-electron chi connectivity index (χ4n) is 4.43. The third-order valence-electron chi connectivity index (χ3n) is 6.76. The number of nitrogens with one attached hydrogen (secondary N) is 6. The van der Waals surface area contributed by atoms with E-state index in [4.69, 9.17) is 0 Å². The molecule has 0 fully saturated rings. The molecular formula is C30H36I4N6O12. The quantitative estimate of drug-likeness (QED) is 0.0877. The van der Waals surface area contributed by atoms with Gasteiger partial charge in [0.2, 0.25) is 0 Å². The summed E-state index contributed by atoms with van der Waals surface area (Å²) in [6.45, 7) is -0.625. The number of halogens is 4. The van der Waals surface area contributed by atoms with Gasteiger partial charge in [0.15, 0.2) is 0 Å². The summed E-state index contributed by atoms with van der Waals surface area (Å²) in [5, 5.41) is 73.4. The molecule has 2 rings (SSSR count). The number of aliphatic hydroxyl groups excluding tert-OH is 6. The molecule has 0 aromatic heterocycles. The first-order chi connectivity index (χ1) is 24.5. The first-order valence-corrected chi connectivity index (χ1v) is 19.5. The number of rotatable bonds is 17. The topological polar surface area (TPSA) is 296 Å². The molecule has 0 aliphatic heterocycles. The summed E-state index contributed by atoms with van der Waals surface area (Å²) in [4.78, 5) is 81.8. The molecule has 286 valence electrons. The van der Waals surface area contributed by atoms with E-state index in [1.54, 1.807) is 90.4 Å². The Hall–Kier alpha value is -2.06. The molecule has 0 bridgehead atoms. The van der Waals surface area contributed by atoms with Gasteiger partial charge < -0.3 is 62.5 Å². The van der Waals surface area contributed by atoms with E-state index in [1.165, 1.54) is 0 Å². The Balaban J connectivity index is 3.54. The third-order valence-corrected chi connectivity index (χ3v) is 11.1. The Morgan fingerprint density at radius 1 is 0.481 bits per heavy atom. The van der Waals surface area contributed by atoms with E-state index in [0.717, 1.165) is 13.8 Å². The first-order valence-electron chi connectivity index (χ1n) is 15.2. The predicted molar refractivity (Wildman–Crippen MR) is 221 cm³/mol. The van der Waals surface area contributed by atoms with Crippen LogP contribution in [0, 0.1) is 14.3 Å². The van der Waals surface area contributed by atoms with Gasteiger partial charge in [-0.3, -0.25) is 28.8 Å². The zero-order valence-electron chi connectivity index (χ0n) is 27.5. The van der Waals surface area contributed by atoms with Crippen LogP contribution in [0.1, 0.15) is 55.3 Å². The Kier molecular flexibility index (Phi) is 19.3. The number of hydrogen-bond donors (Lipinski definition) is 12. The van der Waals surface area contributed by atoms with Crippen LogP contribution in [0.3, 0.4) is 0 Å².